The van der Waals surface area contributed by atoms with Crippen molar-refractivity contribution in [2.75, 3.05) is 6.61 Å². The van der Waals surface area contributed by atoms with Crippen LogP contribution in [0, 0.1) is 0 Å². The molecule has 0 fully saturated rings. The number of fused-ring (bicyclic) bond motifs is 1. The summed E-state index contributed by atoms with van der Waals surface area (Å²) < 4.78 is 7.54. The molecule has 0 saturated heterocycles. The lowest BCUT2D eigenvalue weighted by molar-refractivity contribution is -0.123. The molecule has 0 saturated carbocycles. The van der Waals surface area contributed by atoms with Crippen LogP contribution in [0.3, 0.4) is 0 Å². The van der Waals surface area contributed by atoms with Crippen molar-refractivity contribution in [1.82, 2.24) is 15.2 Å². The molecule has 6 heteroatoms. The predicted molar refractivity (Wildman–Crippen MR) is 134 cm³/mol. The van der Waals surface area contributed by atoms with Crippen molar-refractivity contribution in [2.24, 2.45) is 5.10 Å². The number of hydrogen-bond donors (Lipinski definition) is 1. The van der Waals surface area contributed by atoms with Gasteiger partial charge >= 0.3 is 0 Å². The van der Waals surface area contributed by atoms with Gasteiger partial charge in [-0.05, 0) is 23.6 Å². The van der Waals surface area contributed by atoms with Gasteiger partial charge in [0.15, 0.2) is 6.61 Å². The van der Waals surface area contributed by atoms with Crippen LogP contribution >= 0.6 is 0 Å². The summed E-state index contributed by atoms with van der Waals surface area (Å²) in [7, 11) is 0. The van der Waals surface area contributed by atoms with Crippen molar-refractivity contribution < 1.29 is 9.53 Å². The number of aromatic nitrogens is 2. The Kier molecular flexibility index (Phi) is 6.12. The lowest BCUT2D eigenvalue weighted by Crippen LogP contribution is -2.24. The minimum atomic E-state index is -0.346. The summed E-state index contributed by atoms with van der Waals surface area (Å²) in [6, 6.07) is 33.4. The summed E-state index contributed by atoms with van der Waals surface area (Å²) in [5.74, 6) is 0.314. The van der Waals surface area contributed by atoms with Crippen LogP contribution in [-0.4, -0.2) is 28.5 Å². The summed E-state index contributed by atoms with van der Waals surface area (Å²) in [5.41, 5.74) is 6.00. The highest BCUT2D eigenvalue weighted by Crippen LogP contribution is 2.25. The number of carbonyl (C=O) groups excluding carboxylic acids is 1. The fourth-order valence-electron chi connectivity index (χ4n) is 3.69. The summed E-state index contributed by atoms with van der Waals surface area (Å²) in [6.07, 6.45) is 3.49. The Morgan fingerprint density at radius 1 is 0.882 bits per heavy atom. The molecule has 1 aromatic heterocycles. The molecule has 0 unspecified atom stereocenters. The molecule has 0 spiro atoms. The van der Waals surface area contributed by atoms with Crippen LogP contribution in [0.1, 0.15) is 5.56 Å². The van der Waals surface area contributed by atoms with Gasteiger partial charge in [0.05, 0.1) is 11.9 Å². The van der Waals surface area contributed by atoms with Gasteiger partial charge in [-0.2, -0.15) is 10.2 Å². The van der Waals surface area contributed by atoms with Gasteiger partial charge in [-0.25, -0.2) is 10.1 Å². The molecular weight excluding hydrogens is 424 g/mol. The van der Waals surface area contributed by atoms with E-state index in [0.29, 0.717) is 5.75 Å². The van der Waals surface area contributed by atoms with Crippen LogP contribution in [0.4, 0.5) is 0 Å². The van der Waals surface area contributed by atoms with Crippen LogP contribution in [-0.2, 0) is 4.79 Å². The number of para-hydroxylation sites is 1. The molecule has 4 aromatic carbocycles. The molecule has 0 atom stereocenters. The number of ether oxygens (including phenoxy) is 1. The normalized spacial score (nSPS) is 11.1. The average molecular weight is 447 g/mol. The molecule has 0 bridgehead atoms. The molecule has 1 heterocycles. The van der Waals surface area contributed by atoms with Gasteiger partial charge in [-0.1, -0.05) is 84.9 Å². The van der Waals surface area contributed by atoms with Crippen molar-refractivity contribution in [3.8, 4) is 22.7 Å². The Hall–Kier alpha value is -4.71. The van der Waals surface area contributed by atoms with Crippen LogP contribution in [0.15, 0.2) is 114 Å². The van der Waals surface area contributed by atoms with Crippen molar-refractivity contribution >= 4 is 22.9 Å². The minimum absolute atomic E-state index is 0.139. The highest BCUT2D eigenvalue weighted by Gasteiger charge is 2.11. The minimum Gasteiger partial charge on any atom is -0.483 e. The number of hydrazone groups is 1. The van der Waals surface area contributed by atoms with Gasteiger partial charge < -0.3 is 4.74 Å². The maximum Gasteiger partial charge on any atom is 0.277 e. The second-order valence-corrected chi connectivity index (χ2v) is 7.64. The Morgan fingerprint density at radius 3 is 2.41 bits per heavy atom. The van der Waals surface area contributed by atoms with E-state index >= 15 is 0 Å². The van der Waals surface area contributed by atoms with Crippen molar-refractivity contribution in [3.63, 3.8) is 0 Å². The Morgan fingerprint density at radius 2 is 1.59 bits per heavy atom. The quantitative estimate of drug-likeness (QED) is 0.275. The van der Waals surface area contributed by atoms with Gasteiger partial charge in [-0.15, -0.1) is 0 Å². The monoisotopic (exact) mass is 446 g/mol. The smallest absolute Gasteiger partial charge is 0.277 e. The first-order chi connectivity index (χ1) is 16.8. The van der Waals surface area contributed by atoms with E-state index in [2.05, 4.69) is 10.5 Å². The molecule has 34 heavy (non-hydrogen) atoms. The SMILES string of the molecule is O=C(COc1cccc2ccccc12)N/N=C\c1cn(-c2ccccc2)nc1-c1ccccc1. The van der Waals surface area contributed by atoms with E-state index in [1.165, 1.54) is 0 Å². The van der Waals surface area contributed by atoms with Crippen molar-refractivity contribution in [3.05, 3.63) is 115 Å². The first-order valence-corrected chi connectivity index (χ1v) is 10.9. The molecule has 1 amide bonds. The van der Waals surface area contributed by atoms with Crippen LogP contribution in [0.5, 0.6) is 5.75 Å². The third-order valence-corrected chi connectivity index (χ3v) is 5.31. The number of hydrogen-bond acceptors (Lipinski definition) is 4. The fourth-order valence-corrected chi connectivity index (χ4v) is 3.69. The maximum absolute atomic E-state index is 12.4. The molecule has 0 radical (unpaired) electrons. The predicted octanol–water partition coefficient (Wildman–Crippen LogP) is 5.22. The maximum atomic E-state index is 12.4. The number of rotatable bonds is 7. The molecule has 0 aliphatic rings. The largest absolute Gasteiger partial charge is 0.483 e. The summed E-state index contributed by atoms with van der Waals surface area (Å²) >= 11 is 0. The van der Waals surface area contributed by atoms with Gasteiger partial charge in [-0.3, -0.25) is 4.79 Å². The zero-order chi connectivity index (χ0) is 23.2. The van der Waals surface area contributed by atoms with E-state index < -0.39 is 0 Å². The van der Waals surface area contributed by atoms with Gasteiger partial charge in [0.2, 0.25) is 0 Å². The highest BCUT2D eigenvalue weighted by atomic mass is 16.5. The Labute approximate surface area is 197 Å². The standard InChI is InChI=1S/C28H22N4O2/c33-27(20-34-26-17-9-13-21-10-7-8-16-25(21)26)30-29-18-23-19-32(24-14-5-2-6-15-24)31-28(23)22-11-3-1-4-12-22/h1-19H,20H2,(H,30,33)/b29-18-. The molecule has 6 nitrogen and oxygen atoms in total. The number of nitrogens with one attached hydrogen (secondary N) is 1. The molecule has 5 rings (SSSR count). The second-order valence-electron chi connectivity index (χ2n) is 7.64. The highest BCUT2D eigenvalue weighted by molar-refractivity contribution is 5.90. The summed E-state index contributed by atoms with van der Waals surface area (Å²) in [5, 5.41) is 10.9. The van der Waals surface area contributed by atoms with Gasteiger partial charge in [0, 0.05) is 22.7 Å². The third kappa shape index (κ3) is 4.71. The zero-order valence-corrected chi connectivity index (χ0v) is 18.3. The number of carbonyl (C=O) groups is 1. The van der Waals surface area contributed by atoms with E-state index in [1.807, 2.05) is 109 Å². The first-order valence-electron chi connectivity index (χ1n) is 10.9. The van der Waals surface area contributed by atoms with E-state index in [9.17, 15) is 4.79 Å². The fraction of sp³-hybridized carbons (Fsp3) is 0.0357. The van der Waals surface area contributed by atoms with E-state index in [-0.39, 0.29) is 12.5 Å². The van der Waals surface area contributed by atoms with Crippen molar-refractivity contribution in [1.29, 1.82) is 0 Å². The molecule has 166 valence electrons. The van der Waals surface area contributed by atoms with Crippen LogP contribution in [0.25, 0.3) is 27.7 Å². The number of amides is 1. The molecular formula is C28H22N4O2. The van der Waals surface area contributed by atoms with E-state index in [1.54, 1.807) is 10.9 Å². The average Bonchev–Trinajstić information content (AvgIpc) is 3.33. The van der Waals surface area contributed by atoms with Crippen molar-refractivity contribution in [2.45, 2.75) is 0 Å². The molecule has 0 aliphatic carbocycles. The zero-order valence-electron chi connectivity index (χ0n) is 18.3. The Balaban J connectivity index is 1.30. The molecule has 0 aliphatic heterocycles. The van der Waals surface area contributed by atoms with Gasteiger partial charge in [0.25, 0.3) is 5.91 Å². The van der Waals surface area contributed by atoms with Gasteiger partial charge in [0.1, 0.15) is 11.4 Å². The first kappa shape index (κ1) is 21.2. The number of benzene rings is 4. The Bertz CT molecular complexity index is 1440. The molecule has 5 aromatic rings. The third-order valence-electron chi connectivity index (χ3n) is 5.31. The topological polar surface area (TPSA) is 68.5 Å². The van der Waals surface area contributed by atoms with Crippen LogP contribution in [0.2, 0.25) is 0 Å². The van der Waals surface area contributed by atoms with E-state index in [0.717, 1.165) is 33.3 Å². The lowest BCUT2D eigenvalue weighted by Gasteiger charge is -2.08. The second kappa shape index (κ2) is 9.83. The summed E-state index contributed by atoms with van der Waals surface area (Å²) in [6.45, 7) is -0.139. The van der Waals surface area contributed by atoms with E-state index in [4.69, 9.17) is 9.84 Å². The lowest BCUT2D eigenvalue weighted by atomic mass is 10.1. The number of nitrogens with zero attached hydrogens (tertiary/aromatic N) is 3. The summed E-state index contributed by atoms with van der Waals surface area (Å²) in [4.78, 5) is 12.4. The van der Waals surface area contributed by atoms with Crippen LogP contribution < -0.4 is 10.2 Å². The molecule has 1 N–H and O–H groups in total.